The van der Waals surface area contributed by atoms with Gasteiger partial charge in [0.25, 0.3) is 0 Å². The zero-order valence-corrected chi connectivity index (χ0v) is 20.0. The fourth-order valence-corrected chi connectivity index (χ4v) is 5.72. The van der Waals surface area contributed by atoms with Crippen LogP contribution < -0.4 is 5.63 Å². The van der Waals surface area contributed by atoms with Crippen molar-refractivity contribution < 1.29 is 17.6 Å². The van der Waals surface area contributed by atoms with Gasteiger partial charge in [-0.15, -0.1) is 0 Å². The quantitative estimate of drug-likeness (QED) is 0.530. The summed E-state index contributed by atoms with van der Waals surface area (Å²) in [6.07, 6.45) is 3.01. The Morgan fingerprint density at radius 1 is 1.15 bits per heavy atom. The van der Waals surface area contributed by atoms with Crippen molar-refractivity contribution in [1.82, 2.24) is 4.90 Å². The molecule has 2 heterocycles. The normalized spacial score (nSPS) is 17.8. The smallest absolute Gasteiger partial charge is 0.336 e. The van der Waals surface area contributed by atoms with Crippen LogP contribution in [0, 0.1) is 12.8 Å². The summed E-state index contributed by atoms with van der Waals surface area (Å²) >= 11 is 0. The second-order valence-electron chi connectivity index (χ2n) is 9.11. The Bertz CT molecular complexity index is 1360. The van der Waals surface area contributed by atoms with Gasteiger partial charge in [0, 0.05) is 42.3 Å². The van der Waals surface area contributed by atoms with E-state index in [9.17, 15) is 18.0 Å². The van der Waals surface area contributed by atoms with E-state index in [2.05, 4.69) is 0 Å². The zero-order chi connectivity index (χ0) is 23.8. The number of aryl methyl sites for hydroxylation is 1. The molecule has 174 valence electrons. The van der Waals surface area contributed by atoms with Gasteiger partial charge in [0.15, 0.2) is 9.84 Å². The minimum atomic E-state index is -3.17. The Labute approximate surface area is 194 Å². The standard InChI is InChI=1S/C26H29NO5S/c1-17-7-4-5-9-21(17)23-15-25(28)32-24-14-19(10-11-22(23)24)13-18(2)26(29)27-12-6-8-20(16-27)33(3,30)31/h4-5,7,9-11,14-15,18,20H,6,8,12-13,16H2,1-3H3/t18?,20-/m0/s1. The van der Waals surface area contributed by atoms with Gasteiger partial charge in [-0.05, 0) is 48.9 Å². The summed E-state index contributed by atoms with van der Waals surface area (Å²) in [5, 5.41) is 0.357. The molecule has 4 rings (SSSR count). The van der Waals surface area contributed by atoms with Crippen LogP contribution in [0.5, 0.6) is 0 Å². The van der Waals surface area contributed by atoms with Crippen molar-refractivity contribution in [2.75, 3.05) is 19.3 Å². The highest BCUT2D eigenvalue weighted by Gasteiger charge is 2.31. The number of carbonyl (C=O) groups excluding carboxylic acids is 1. The van der Waals surface area contributed by atoms with Crippen LogP contribution in [0.15, 0.2) is 57.7 Å². The molecule has 0 radical (unpaired) electrons. The second kappa shape index (κ2) is 9.14. The van der Waals surface area contributed by atoms with E-state index >= 15 is 0 Å². The first kappa shape index (κ1) is 23.2. The number of piperidine rings is 1. The molecule has 33 heavy (non-hydrogen) atoms. The minimum absolute atomic E-state index is 0.0430. The Balaban J connectivity index is 1.58. The molecule has 1 amide bonds. The summed E-state index contributed by atoms with van der Waals surface area (Å²) in [4.78, 5) is 27.0. The predicted molar refractivity (Wildman–Crippen MR) is 130 cm³/mol. The fourth-order valence-electron chi connectivity index (χ4n) is 4.67. The van der Waals surface area contributed by atoms with E-state index in [1.807, 2.05) is 56.3 Å². The molecular weight excluding hydrogens is 438 g/mol. The van der Waals surface area contributed by atoms with Crippen molar-refractivity contribution >= 4 is 26.7 Å². The third-order valence-corrected chi connectivity index (χ3v) is 8.10. The molecule has 0 bridgehead atoms. The average Bonchev–Trinajstić information content (AvgIpc) is 2.77. The van der Waals surface area contributed by atoms with Crippen molar-refractivity contribution in [3.63, 3.8) is 0 Å². The highest BCUT2D eigenvalue weighted by Crippen LogP contribution is 2.30. The molecule has 0 N–H and O–H groups in total. The third kappa shape index (κ3) is 5.03. The van der Waals surface area contributed by atoms with Crippen LogP contribution in [-0.2, 0) is 21.1 Å². The van der Waals surface area contributed by atoms with Crippen molar-refractivity contribution in [3.8, 4) is 11.1 Å². The number of hydrogen-bond acceptors (Lipinski definition) is 5. The van der Waals surface area contributed by atoms with Gasteiger partial charge in [-0.2, -0.15) is 0 Å². The topological polar surface area (TPSA) is 84.7 Å². The van der Waals surface area contributed by atoms with Crippen LogP contribution in [0.3, 0.4) is 0 Å². The molecule has 1 aliphatic heterocycles. The average molecular weight is 468 g/mol. The van der Waals surface area contributed by atoms with Gasteiger partial charge in [-0.3, -0.25) is 4.79 Å². The van der Waals surface area contributed by atoms with Gasteiger partial charge in [-0.25, -0.2) is 13.2 Å². The van der Waals surface area contributed by atoms with Gasteiger partial charge >= 0.3 is 5.63 Å². The van der Waals surface area contributed by atoms with Crippen LogP contribution in [0.1, 0.15) is 30.9 Å². The summed E-state index contributed by atoms with van der Waals surface area (Å²) in [6, 6.07) is 15.1. The van der Waals surface area contributed by atoms with E-state index in [-0.39, 0.29) is 18.4 Å². The lowest BCUT2D eigenvalue weighted by Gasteiger charge is -2.33. The molecule has 0 saturated carbocycles. The first-order chi connectivity index (χ1) is 15.6. The lowest BCUT2D eigenvalue weighted by atomic mass is 9.95. The molecule has 6 nitrogen and oxygen atoms in total. The molecular formula is C26H29NO5S. The third-order valence-electron chi connectivity index (χ3n) is 6.50. The number of sulfone groups is 1. The second-order valence-corrected chi connectivity index (χ2v) is 11.4. The first-order valence-electron chi connectivity index (χ1n) is 11.2. The number of carbonyl (C=O) groups is 1. The van der Waals surface area contributed by atoms with Crippen LogP contribution in [0.2, 0.25) is 0 Å². The SMILES string of the molecule is Cc1ccccc1-c1cc(=O)oc2cc(CC(C)C(=O)N3CCC[C@H](S(C)(=O)=O)C3)ccc12. The maximum Gasteiger partial charge on any atom is 0.336 e. The molecule has 0 aliphatic carbocycles. The molecule has 1 saturated heterocycles. The van der Waals surface area contributed by atoms with E-state index < -0.39 is 20.7 Å². The molecule has 2 aromatic carbocycles. The summed E-state index contributed by atoms with van der Waals surface area (Å²) in [6.45, 7) is 4.71. The highest BCUT2D eigenvalue weighted by molar-refractivity contribution is 7.91. The van der Waals surface area contributed by atoms with E-state index in [0.717, 1.165) is 27.6 Å². The van der Waals surface area contributed by atoms with Crippen molar-refractivity contribution in [2.45, 2.75) is 38.4 Å². The van der Waals surface area contributed by atoms with Crippen LogP contribution >= 0.6 is 0 Å². The van der Waals surface area contributed by atoms with Crippen LogP contribution in [-0.4, -0.2) is 43.8 Å². The summed E-state index contributed by atoms with van der Waals surface area (Å²) in [5.74, 6) is -0.356. The number of likely N-dealkylation sites (tertiary alicyclic amines) is 1. The largest absolute Gasteiger partial charge is 0.423 e. The van der Waals surface area contributed by atoms with Gasteiger partial charge in [0.05, 0.1) is 5.25 Å². The summed E-state index contributed by atoms with van der Waals surface area (Å²) < 4.78 is 29.4. The van der Waals surface area contributed by atoms with E-state index in [1.54, 1.807) is 4.90 Å². The van der Waals surface area contributed by atoms with E-state index in [0.29, 0.717) is 31.4 Å². The van der Waals surface area contributed by atoms with Gasteiger partial charge in [-0.1, -0.05) is 43.3 Å². The van der Waals surface area contributed by atoms with E-state index in [4.69, 9.17) is 4.42 Å². The van der Waals surface area contributed by atoms with Crippen molar-refractivity contribution in [2.24, 2.45) is 5.92 Å². The number of nitrogens with zero attached hydrogens (tertiary/aromatic N) is 1. The molecule has 7 heteroatoms. The van der Waals surface area contributed by atoms with Gasteiger partial charge in [0.1, 0.15) is 5.58 Å². The first-order valence-corrected chi connectivity index (χ1v) is 13.2. The Kier molecular flexibility index (Phi) is 6.43. The molecule has 1 fully saturated rings. The fraction of sp³-hybridized carbons (Fsp3) is 0.385. The summed E-state index contributed by atoms with van der Waals surface area (Å²) in [5.41, 5.74) is 3.86. The van der Waals surface area contributed by atoms with Gasteiger partial charge in [0.2, 0.25) is 5.91 Å². The van der Waals surface area contributed by atoms with Gasteiger partial charge < -0.3 is 9.32 Å². The van der Waals surface area contributed by atoms with Crippen LogP contribution in [0.25, 0.3) is 22.1 Å². The minimum Gasteiger partial charge on any atom is -0.423 e. The van der Waals surface area contributed by atoms with Crippen molar-refractivity contribution in [3.05, 3.63) is 70.1 Å². The molecule has 1 aliphatic rings. The number of hydrogen-bond donors (Lipinski definition) is 0. The predicted octanol–water partition coefficient (Wildman–Crippen LogP) is 3.98. The summed E-state index contributed by atoms with van der Waals surface area (Å²) in [7, 11) is -3.17. The van der Waals surface area contributed by atoms with Crippen molar-refractivity contribution in [1.29, 1.82) is 0 Å². The highest BCUT2D eigenvalue weighted by atomic mass is 32.2. The molecule has 2 atom stereocenters. The monoisotopic (exact) mass is 467 g/mol. The Hall–Kier alpha value is -2.93. The number of rotatable bonds is 5. The number of benzene rings is 2. The zero-order valence-electron chi connectivity index (χ0n) is 19.2. The van der Waals surface area contributed by atoms with Crippen LogP contribution in [0.4, 0.5) is 0 Å². The molecule has 3 aromatic rings. The Morgan fingerprint density at radius 3 is 2.64 bits per heavy atom. The molecule has 1 aromatic heterocycles. The van der Waals surface area contributed by atoms with E-state index in [1.165, 1.54) is 12.3 Å². The number of fused-ring (bicyclic) bond motifs is 1. The Morgan fingerprint density at radius 2 is 1.91 bits per heavy atom. The molecule has 1 unspecified atom stereocenters. The molecule has 0 spiro atoms. The number of amides is 1. The maximum atomic E-state index is 13.0. The maximum absolute atomic E-state index is 13.0. The lowest BCUT2D eigenvalue weighted by molar-refractivity contribution is -0.135. The lowest BCUT2D eigenvalue weighted by Crippen LogP contribution is -2.47.